The van der Waals surface area contributed by atoms with Crippen LogP contribution in [0, 0.1) is 0 Å². The van der Waals surface area contributed by atoms with Gasteiger partial charge < -0.3 is 14.6 Å². The number of hydrogen-bond acceptors (Lipinski definition) is 3. The second-order valence-electron chi connectivity index (χ2n) is 2.19. The van der Waals surface area contributed by atoms with Crippen molar-refractivity contribution >= 4 is 0 Å². The van der Waals surface area contributed by atoms with Gasteiger partial charge >= 0.3 is 0 Å². The average Bonchev–Trinajstić information content (AvgIpc) is 2.08. The minimum atomic E-state index is -0.608. The van der Waals surface area contributed by atoms with Crippen LogP contribution in [0.25, 0.3) is 0 Å². The van der Waals surface area contributed by atoms with E-state index in [1.165, 1.54) is 0 Å². The lowest BCUT2D eigenvalue weighted by Crippen LogP contribution is -2.28. The van der Waals surface area contributed by atoms with E-state index in [9.17, 15) is 0 Å². The molecule has 0 radical (unpaired) electrons. The fraction of sp³-hybridized carbons (Fsp3) is 1.00. The fourth-order valence-electron chi connectivity index (χ4n) is 0.944. The summed E-state index contributed by atoms with van der Waals surface area (Å²) < 4.78 is 9.85. The largest absolute Gasteiger partial charge is 0.368 e. The zero-order valence-corrected chi connectivity index (χ0v) is 7.54. The Morgan fingerprint density at radius 3 is 2.36 bits per heavy atom. The highest BCUT2D eigenvalue weighted by Crippen LogP contribution is 2.16. The lowest BCUT2D eigenvalue weighted by Gasteiger charge is -2.24. The summed E-state index contributed by atoms with van der Waals surface area (Å²) in [6.07, 6.45) is 1.82. The lowest BCUT2D eigenvalue weighted by molar-refractivity contribution is -0.242. The van der Waals surface area contributed by atoms with Crippen LogP contribution in [-0.2, 0) is 9.47 Å². The molecule has 1 N–H and O–H groups in total. The maximum atomic E-state index is 8.91. The summed E-state index contributed by atoms with van der Waals surface area (Å²) in [5.74, 6) is 0. The summed E-state index contributed by atoms with van der Waals surface area (Å²) in [6.45, 7) is 4.00. The molecule has 2 atom stereocenters. The zero-order valence-electron chi connectivity index (χ0n) is 7.54. The molecular formula is C8H18O3. The molecule has 11 heavy (non-hydrogen) atoms. The summed E-state index contributed by atoms with van der Waals surface area (Å²) in [5.41, 5.74) is 0. The third-order valence-corrected chi connectivity index (χ3v) is 1.46. The molecule has 1 saturated heterocycles. The number of aliphatic hydroxyl groups is 1. The monoisotopic (exact) mass is 162 g/mol. The zero-order chi connectivity index (χ0) is 8.69. The van der Waals surface area contributed by atoms with Gasteiger partial charge in [0, 0.05) is 7.11 Å². The number of methoxy groups -OCH3 is 1. The Bertz CT molecular complexity index is 85.4. The standard InChI is InChI=1S/C6H12O3.C2H6/c1-8-6-4-2-3-5(7)9-6;1-2/h5-7H,2-4H2,1H3;1-2H3. The van der Waals surface area contributed by atoms with Crippen LogP contribution >= 0.6 is 0 Å². The van der Waals surface area contributed by atoms with Crippen molar-refractivity contribution in [1.29, 1.82) is 0 Å². The molecule has 0 bridgehead atoms. The molecule has 0 aromatic rings. The Kier molecular flexibility index (Phi) is 6.51. The predicted octanol–water partition coefficient (Wildman–Crippen LogP) is 1.50. The Labute approximate surface area is 68.3 Å². The number of ether oxygens (including phenoxy) is 2. The number of aliphatic hydroxyl groups excluding tert-OH is 1. The fourth-order valence-corrected chi connectivity index (χ4v) is 0.944. The molecule has 3 nitrogen and oxygen atoms in total. The SMILES string of the molecule is CC.COC1CCCC(O)O1. The molecule has 0 amide bonds. The van der Waals surface area contributed by atoms with E-state index in [1.807, 2.05) is 13.8 Å². The number of rotatable bonds is 1. The van der Waals surface area contributed by atoms with Crippen molar-refractivity contribution in [1.82, 2.24) is 0 Å². The lowest BCUT2D eigenvalue weighted by atomic mass is 10.2. The van der Waals surface area contributed by atoms with Crippen molar-refractivity contribution in [2.75, 3.05) is 7.11 Å². The third-order valence-electron chi connectivity index (χ3n) is 1.46. The van der Waals surface area contributed by atoms with E-state index >= 15 is 0 Å². The van der Waals surface area contributed by atoms with Crippen molar-refractivity contribution < 1.29 is 14.6 Å². The van der Waals surface area contributed by atoms with Gasteiger partial charge in [-0.1, -0.05) is 13.8 Å². The molecule has 1 heterocycles. The van der Waals surface area contributed by atoms with Crippen LogP contribution in [0.1, 0.15) is 33.1 Å². The van der Waals surface area contributed by atoms with E-state index < -0.39 is 6.29 Å². The maximum Gasteiger partial charge on any atom is 0.160 e. The first kappa shape index (κ1) is 10.9. The van der Waals surface area contributed by atoms with Crippen LogP contribution in [0.4, 0.5) is 0 Å². The van der Waals surface area contributed by atoms with Crippen molar-refractivity contribution in [3.8, 4) is 0 Å². The second kappa shape index (κ2) is 6.58. The van der Waals surface area contributed by atoms with Gasteiger partial charge in [-0.25, -0.2) is 0 Å². The van der Waals surface area contributed by atoms with Gasteiger partial charge in [0.05, 0.1) is 0 Å². The average molecular weight is 162 g/mol. The highest BCUT2D eigenvalue weighted by molar-refractivity contribution is 4.55. The van der Waals surface area contributed by atoms with Gasteiger partial charge in [0.15, 0.2) is 12.6 Å². The summed E-state index contributed by atoms with van der Waals surface area (Å²) in [4.78, 5) is 0. The Morgan fingerprint density at radius 1 is 1.36 bits per heavy atom. The van der Waals surface area contributed by atoms with E-state index in [2.05, 4.69) is 0 Å². The summed E-state index contributed by atoms with van der Waals surface area (Å²) >= 11 is 0. The van der Waals surface area contributed by atoms with Gasteiger partial charge in [-0.3, -0.25) is 0 Å². The summed E-state index contributed by atoms with van der Waals surface area (Å²) in [5, 5.41) is 8.91. The van der Waals surface area contributed by atoms with Crippen LogP contribution in [0.2, 0.25) is 0 Å². The van der Waals surface area contributed by atoms with E-state index in [-0.39, 0.29) is 6.29 Å². The Hall–Kier alpha value is -0.120. The van der Waals surface area contributed by atoms with Gasteiger partial charge in [0.1, 0.15) is 0 Å². The predicted molar refractivity (Wildman–Crippen MR) is 43.1 cm³/mol. The van der Waals surface area contributed by atoms with Crippen LogP contribution in [0.3, 0.4) is 0 Å². The molecule has 0 aliphatic carbocycles. The topological polar surface area (TPSA) is 38.7 Å². The molecule has 2 unspecified atom stereocenters. The van der Waals surface area contributed by atoms with Crippen LogP contribution in [0.5, 0.6) is 0 Å². The quantitative estimate of drug-likeness (QED) is 0.635. The van der Waals surface area contributed by atoms with Crippen LogP contribution < -0.4 is 0 Å². The first-order valence-electron chi connectivity index (χ1n) is 4.19. The van der Waals surface area contributed by atoms with Gasteiger partial charge in [-0.2, -0.15) is 0 Å². The highest BCUT2D eigenvalue weighted by atomic mass is 16.7. The molecule has 68 valence electrons. The van der Waals surface area contributed by atoms with E-state index in [1.54, 1.807) is 7.11 Å². The van der Waals surface area contributed by atoms with Crippen LogP contribution in [0.15, 0.2) is 0 Å². The van der Waals surface area contributed by atoms with E-state index in [4.69, 9.17) is 14.6 Å². The Morgan fingerprint density at radius 2 is 2.00 bits per heavy atom. The molecule has 0 aromatic heterocycles. The molecule has 3 heteroatoms. The molecule has 0 aromatic carbocycles. The summed E-state index contributed by atoms with van der Waals surface area (Å²) in [6, 6.07) is 0. The van der Waals surface area contributed by atoms with Gasteiger partial charge in [0.25, 0.3) is 0 Å². The summed E-state index contributed by atoms with van der Waals surface area (Å²) in [7, 11) is 1.59. The van der Waals surface area contributed by atoms with E-state index in [0.717, 1.165) is 19.3 Å². The molecule has 1 fully saturated rings. The molecule has 1 aliphatic rings. The third kappa shape index (κ3) is 4.35. The molecule has 0 saturated carbocycles. The minimum Gasteiger partial charge on any atom is -0.368 e. The normalized spacial score (nSPS) is 30.5. The molecule has 0 spiro atoms. The first-order chi connectivity index (χ1) is 5.33. The Balaban J connectivity index is 0.000000461. The van der Waals surface area contributed by atoms with Crippen molar-refractivity contribution in [3.63, 3.8) is 0 Å². The van der Waals surface area contributed by atoms with Crippen molar-refractivity contribution in [3.05, 3.63) is 0 Å². The van der Waals surface area contributed by atoms with Crippen LogP contribution in [-0.4, -0.2) is 24.8 Å². The second-order valence-corrected chi connectivity index (χ2v) is 2.19. The van der Waals surface area contributed by atoms with E-state index in [0.29, 0.717) is 0 Å². The number of hydrogen-bond donors (Lipinski definition) is 1. The first-order valence-corrected chi connectivity index (χ1v) is 4.19. The smallest absolute Gasteiger partial charge is 0.160 e. The highest BCUT2D eigenvalue weighted by Gasteiger charge is 2.18. The van der Waals surface area contributed by atoms with Gasteiger partial charge in [0.2, 0.25) is 0 Å². The van der Waals surface area contributed by atoms with Crippen molar-refractivity contribution in [2.45, 2.75) is 45.7 Å². The molecule has 1 rings (SSSR count). The van der Waals surface area contributed by atoms with Gasteiger partial charge in [-0.05, 0) is 19.3 Å². The molecular weight excluding hydrogens is 144 g/mol. The maximum absolute atomic E-state index is 8.91. The minimum absolute atomic E-state index is 0.186. The van der Waals surface area contributed by atoms with Crippen molar-refractivity contribution in [2.24, 2.45) is 0 Å². The van der Waals surface area contributed by atoms with Gasteiger partial charge in [-0.15, -0.1) is 0 Å². The molecule has 1 aliphatic heterocycles.